The van der Waals surface area contributed by atoms with E-state index in [9.17, 15) is 9.59 Å². The van der Waals surface area contributed by atoms with Gasteiger partial charge >= 0.3 is 5.97 Å². The molecule has 21 heavy (non-hydrogen) atoms. The number of nitrogens with zero attached hydrogens (tertiary/aromatic N) is 1. The van der Waals surface area contributed by atoms with Crippen molar-refractivity contribution in [3.8, 4) is 0 Å². The van der Waals surface area contributed by atoms with Crippen LogP contribution in [-0.2, 0) is 14.3 Å². The molecule has 0 saturated carbocycles. The summed E-state index contributed by atoms with van der Waals surface area (Å²) in [5, 5.41) is 12.0. The lowest BCUT2D eigenvalue weighted by atomic mass is 10.1. The van der Waals surface area contributed by atoms with Crippen LogP contribution in [0.5, 0.6) is 0 Å². The summed E-state index contributed by atoms with van der Waals surface area (Å²) >= 11 is 0. The third kappa shape index (κ3) is 4.03. The standard InChI is InChI=1S/C15H20N2O4/c1-10-3-4-11(2)12(7-10)16-14(18)8-17-5-6-21-9-13(17)15(19)20/h3-4,7,13H,5-6,8-9H2,1-2H3,(H,16,18)(H,19,20). The molecule has 0 bridgehead atoms. The van der Waals surface area contributed by atoms with E-state index in [1.165, 1.54) is 0 Å². The van der Waals surface area contributed by atoms with Crippen molar-refractivity contribution in [2.24, 2.45) is 0 Å². The Labute approximate surface area is 123 Å². The van der Waals surface area contributed by atoms with Crippen LogP contribution in [0.15, 0.2) is 18.2 Å². The SMILES string of the molecule is Cc1ccc(C)c(NC(=O)CN2CCOCC2C(=O)O)c1. The smallest absolute Gasteiger partial charge is 0.323 e. The Hall–Kier alpha value is -1.92. The lowest BCUT2D eigenvalue weighted by molar-refractivity contribution is -0.150. The fourth-order valence-electron chi connectivity index (χ4n) is 2.30. The summed E-state index contributed by atoms with van der Waals surface area (Å²) in [5.41, 5.74) is 2.80. The minimum absolute atomic E-state index is 0.0493. The number of hydrogen-bond donors (Lipinski definition) is 2. The zero-order valence-electron chi connectivity index (χ0n) is 12.3. The maximum Gasteiger partial charge on any atom is 0.323 e. The molecular formula is C15H20N2O4. The molecule has 1 aromatic carbocycles. The quantitative estimate of drug-likeness (QED) is 0.866. The molecule has 2 N–H and O–H groups in total. The topological polar surface area (TPSA) is 78.9 Å². The largest absolute Gasteiger partial charge is 0.480 e. The van der Waals surface area contributed by atoms with Gasteiger partial charge in [-0.3, -0.25) is 14.5 Å². The maximum absolute atomic E-state index is 12.1. The van der Waals surface area contributed by atoms with E-state index in [1.54, 1.807) is 4.90 Å². The molecule has 1 saturated heterocycles. The number of carboxylic acids is 1. The number of aliphatic carboxylic acids is 1. The number of ether oxygens (including phenoxy) is 1. The number of morpholine rings is 1. The highest BCUT2D eigenvalue weighted by Crippen LogP contribution is 2.16. The lowest BCUT2D eigenvalue weighted by Crippen LogP contribution is -2.52. The molecule has 1 aliphatic rings. The van der Waals surface area contributed by atoms with Gasteiger partial charge in [0, 0.05) is 12.2 Å². The van der Waals surface area contributed by atoms with Crippen molar-refractivity contribution in [3.05, 3.63) is 29.3 Å². The highest BCUT2D eigenvalue weighted by molar-refractivity contribution is 5.93. The van der Waals surface area contributed by atoms with Gasteiger partial charge in [-0.05, 0) is 31.0 Å². The molecule has 1 unspecified atom stereocenters. The molecule has 0 radical (unpaired) electrons. The van der Waals surface area contributed by atoms with E-state index in [4.69, 9.17) is 9.84 Å². The third-order valence-corrected chi connectivity index (χ3v) is 3.54. The number of carbonyl (C=O) groups is 2. The molecule has 1 atom stereocenters. The summed E-state index contributed by atoms with van der Waals surface area (Å²) in [6.45, 7) is 4.93. The summed E-state index contributed by atoms with van der Waals surface area (Å²) in [5.74, 6) is -1.17. The molecule has 1 amide bonds. The highest BCUT2D eigenvalue weighted by Gasteiger charge is 2.30. The summed E-state index contributed by atoms with van der Waals surface area (Å²) in [6, 6.07) is 5.07. The molecule has 6 nitrogen and oxygen atoms in total. The predicted molar refractivity (Wildman–Crippen MR) is 78.4 cm³/mol. The van der Waals surface area contributed by atoms with Crippen LogP contribution in [0, 0.1) is 13.8 Å². The fraction of sp³-hybridized carbons (Fsp3) is 0.467. The summed E-state index contributed by atoms with van der Waals surface area (Å²) in [6.07, 6.45) is 0. The Kier molecular flexibility index (Phi) is 4.93. The van der Waals surface area contributed by atoms with Crippen molar-refractivity contribution in [1.29, 1.82) is 0 Å². The van der Waals surface area contributed by atoms with Crippen LogP contribution in [0.4, 0.5) is 5.69 Å². The maximum atomic E-state index is 12.1. The highest BCUT2D eigenvalue weighted by atomic mass is 16.5. The Morgan fingerprint density at radius 1 is 1.43 bits per heavy atom. The number of aryl methyl sites for hydroxylation is 2. The second kappa shape index (κ2) is 6.69. The van der Waals surface area contributed by atoms with Crippen molar-refractivity contribution in [1.82, 2.24) is 4.90 Å². The number of nitrogens with one attached hydrogen (secondary N) is 1. The summed E-state index contributed by atoms with van der Waals surface area (Å²) < 4.78 is 5.15. The number of amides is 1. The number of benzene rings is 1. The van der Waals surface area contributed by atoms with Crippen molar-refractivity contribution < 1.29 is 19.4 Å². The number of rotatable bonds is 4. The summed E-state index contributed by atoms with van der Waals surface area (Å²) in [7, 11) is 0. The Morgan fingerprint density at radius 3 is 2.90 bits per heavy atom. The molecule has 1 aliphatic heterocycles. The normalized spacial score (nSPS) is 19.2. The van der Waals surface area contributed by atoms with Gasteiger partial charge in [-0.2, -0.15) is 0 Å². The zero-order valence-corrected chi connectivity index (χ0v) is 12.3. The summed E-state index contributed by atoms with van der Waals surface area (Å²) in [4.78, 5) is 24.9. The Morgan fingerprint density at radius 2 is 2.19 bits per heavy atom. The van der Waals surface area contributed by atoms with Crippen LogP contribution in [0.3, 0.4) is 0 Å². The Bertz CT molecular complexity index is 544. The molecule has 0 aliphatic carbocycles. The molecule has 6 heteroatoms. The first-order valence-electron chi connectivity index (χ1n) is 6.89. The van der Waals surface area contributed by atoms with Gasteiger partial charge in [-0.1, -0.05) is 12.1 Å². The van der Waals surface area contributed by atoms with Crippen molar-refractivity contribution in [2.45, 2.75) is 19.9 Å². The third-order valence-electron chi connectivity index (χ3n) is 3.54. The monoisotopic (exact) mass is 292 g/mol. The van der Waals surface area contributed by atoms with E-state index in [0.717, 1.165) is 16.8 Å². The van der Waals surface area contributed by atoms with Gasteiger partial charge in [0.1, 0.15) is 6.04 Å². The minimum atomic E-state index is -0.964. The fourth-order valence-corrected chi connectivity index (χ4v) is 2.30. The molecule has 1 fully saturated rings. The van der Waals surface area contributed by atoms with Gasteiger partial charge in [0.15, 0.2) is 0 Å². The van der Waals surface area contributed by atoms with Crippen molar-refractivity contribution >= 4 is 17.6 Å². The molecule has 0 spiro atoms. The zero-order chi connectivity index (χ0) is 15.4. The number of carboxylic acid groups (broad SMARTS) is 1. The molecular weight excluding hydrogens is 272 g/mol. The van der Waals surface area contributed by atoms with E-state index in [-0.39, 0.29) is 19.1 Å². The van der Waals surface area contributed by atoms with E-state index >= 15 is 0 Å². The first kappa shape index (κ1) is 15.5. The lowest BCUT2D eigenvalue weighted by Gasteiger charge is -2.32. The van der Waals surface area contributed by atoms with Crippen LogP contribution in [0.2, 0.25) is 0 Å². The second-order valence-electron chi connectivity index (χ2n) is 5.27. The van der Waals surface area contributed by atoms with Crippen LogP contribution in [-0.4, -0.2) is 54.2 Å². The van der Waals surface area contributed by atoms with Crippen LogP contribution in [0.25, 0.3) is 0 Å². The van der Waals surface area contributed by atoms with Gasteiger partial charge < -0.3 is 15.2 Å². The predicted octanol–water partition coefficient (Wildman–Crippen LogP) is 1.03. The van der Waals surface area contributed by atoms with E-state index in [1.807, 2.05) is 32.0 Å². The Balaban J connectivity index is 2.00. The van der Waals surface area contributed by atoms with Gasteiger partial charge in [0.25, 0.3) is 0 Å². The van der Waals surface area contributed by atoms with Crippen LogP contribution >= 0.6 is 0 Å². The molecule has 2 rings (SSSR count). The molecule has 1 heterocycles. The number of carbonyl (C=O) groups excluding carboxylic acids is 1. The second-order valence-corrected chi connectivity index (χ2v) is 5.27. The first-order chi connectivity index (χ1) is 9.97. The van der Waals surface area contributed by atoms with Gasteiger partial charge in [-0.15, -0.1) is 0 Å². The van der Waals surface area contributed by atoms with E-state index in [0.29, 0.717) is 13.2 Å². The van der Waals surface area contributed by atoms with E-state index in [2.05, 4.69) is 5.32 Å². The van der Waals surface area contributed by atoms with Crippen molar-refractivity contribution in [2.75, 3.05) is 31.6 Å². The number of anilines is 1. The molecule has 1 aromatic rings. The average Bonchev–Trinajstić information content (AvgIpc) is 2.43. The number of hydrogen-bond acceptors (Lipinski definition) is 4. The molecule has 0 aromatic heterocycles. The van der Waals surface area contributed by atoms with Gasteiger partial charge in [0.05, 0.1) is 19.8 Å². The molecule has 114 valence electrons. The van der Waals surface area contributed by atoms with Gasteiger partial charge in [-0.25, -0.2) is 0 Å². The first-order valence-corrected chi connectivity index (χ1v) is 6.89. The van der Waals surface area contributed by atoms with Gasteiger partial charge in [0.2, 0.25) is 5.91 Å². The minimum Gasteiger partial charge on any atom is -0.480 e. The van der Waals surface area contributed by atoms with Crippen LogP contribution < -0.4 is 5.32 Å². The van der Waals surface area contributed by atoms with E-state index < -0.39 is 12.0 Å². The van der Waals surface area contributed by atoms with Crippen LogP contribution in [0.1, 0.15) is 11.1 Å². The van der Waals surface area contributed by atoms with Crippen molar-refractivity contribution in [3.63, 3.8) is 0 Å². The average molecular weight is 292 g/mol.